The smallest absolute Gasteiger partial charge is 0.247 e. The summed E-state index contributed by atoms with van der Waals surface area (Å²) in [4.78, 5) is 29.8. The molecule has 7 aliphatic rings. The third-order valence-corrected chi connectivity index (χ3v) is 11.3. The Balaban J connectivity index is 1.29. The maximum absolute atomic E-state index is 14.2. The Morgan fingerprint density at radius 2 is 1.79 bits per heavy atom. The van der Waals surface area contributed by atoms with Gasteiger partial charge in [0.2, 0.25) is 11.8 Å². The van der Waals surface area contributed by atoms with Crippen LogP contribution in [0.1, 0.15) is 74.8 Å². The fourth-order valence-corrected chi connectivity index (χ4v) is 9.68. The molecule has 4 atom stereocenters. The Labute approximate surface area is 247 Å². The summed E-state index contributed by atoms with van der Waals surface area (Å²) >= 11 is 0. The maximum Gasteiger partial charge on any atom is 0.247 e. The van der Waals surface area contributed by atoms with E-state index in [1.54, 1.807) is 18.2 Å². The van der Waals surface area contributed by atoms with Gasteiger partial charge in [0.1, 0.15) is 12.2 Å². The molecule has 5 fully saturated rings. The first-order chi connectivity index (χ1) is 20.3. The van der Waals surface area contributed by atoms with Crippen LogP contribution in [0.3, 0.4) is 0 Å². The lowest BCUT2D eigenvalue weighted by molar-refractivity contribution is -0.151. The molecule has 6 aliphatic carbocycles. The lowest BCUT2D eigenvalue weighted by Gasteiger charge is -2.58. The Morgan fingerprint density at radius 1 is 1.10 bits per heavy atom. The van der Waals surface area contributed by atoms with Crippen LogP contribution in [0.2, 0.25) is 0 Å². The van der Waals surface area contributed by atoms with E-state index in [9.17, 15) is 24.9 Å². The zero-order valence-electron chi connectivity index (χ0n) is 24.5. The van der Waals surface area contributed by atoms with E-state index >= 15 is 0 Å². The molecule has 4 bridgehead atoms. The van der Waals surface area contributed by atoms with Gasteiger partial charge in [0.15, 0.2) is 11.5 Å². The standard InChI is InChI=1S/C33H44N2O7/c1-41-26-11-21(16-37)10-23-27-24(31(39)34-5-6-36)12-25(28(38)30(27)42-29(23)26)35(32(40)22-3-2-4-22)17-33-13-18-7-19(14-33)9-20(8-18)15-33/h10-12,18-20,22,25,27-28,30,36-38H,2-9,13-17H2,1H3,(H,34,39). The van der Waals surface area contributed by atoms with Gasteiger partial charge in [-0.25, -0.2) is 0 Å². The quantitative estimate of drug-likeness (QED) is 0.354. The number of ether oxygens (including phenoxy) is 2. The predicted octanol–water partition coefficient (Wildman–Crippen LogP) is 2.66. The van der Waals surface area contributed by atoms with Gasteiger partial charge >= 0.3 is 0 Å². The second kappa shape index (κ2) is 10.8. The van der Waals surface area contributed by atoms with E-state index in [0.29, 0.717) is 34.7 Å². The zero-order chi connectivity index (χ0) is 29.2. The summed E-state index contributed by atoms with van der Waals surface area (Å²) in [7, 11) is 1.52. The van der Waals surface area contributed by atoms with Gasteiger partial charge < -0.3 is 35.0 Å². The van der Waals surface area contributed by atoms with Crippen LogP contribution in [0.25, 0.3) is 0 Å². The molecule has 5 saturated carbocycles. The van der Waals surface area contributed by atoms with E-state index in [1.165, 1.54) is 26.4 Å². The van der Waals surface area contributed by atoms with Gasteiger partial charge in [0, 0.05) is 30.1 Å². The fraction of sp³-hybridized carbons (Fsp3) is 0.697. The Morgan fingerprint density at radius 3 is 2.36 bits per heavy atom. The SMILES string of the molecule is COc1cc(CO)cc2c1OC1C2C(C(=O)NCCO)=CC(N(CC23CC4CC(CC(C4)C2)C3)C(=O)C2CCC2)C1O. The first kappa shape index (κ1) is 28.2. The number of fused-ring (bicyclic) bond motifs is 3. The second-order valence-corrected chi connectivity index (χ2v) is 14.0. The summed E-state index contributed by atoms with van der Waals surface area (Å²) in [5, 5.41) is 34.2. The molecular weight excluding hydrogens is 536 g/mol. The monoisotopic (exact) mass is 580 g/mol. The molecule has 228 valence electrons. The minimum atomic E-state index is -1.06. The minimum Gasteiger partial charge on any atom is -0.493 e. The van der Waals surface area contributed by atoms with E-state index in [1.807, 2.05) is 4.90 Å². The number of nitrogens with zero attached hydrogens (tertiary/aromatic N) is 1. The summed E-state index contributed by atoms with van der Waals surface area (Å²) in [6, 6.07) is 2.80. The van der Waals surface area contributed by atoms with Crippen molar-refractivity contribution in [3.8, 4) is 11.5 Å². The lowest BCUT2D eigenvalue weighted by atomic mass is 9.49. The van der Waals surface area contributed by atoms with Gasteiger partial charge in [0.25, 0.3) is 0 Å². The van der Waals surface area contributed by atoms with Gasteiger partial charge in [-0.3, -0.25) is 9.59 Å². The van der Waals surface area contributed by atoms with E-state index in [-0.39, 0.29) is 42.9 Å². The van der Waals surface area contributed by atoms with Crippen LogP contribution in [-0.2, 0) is 16.2 Å². The van der Waals surface area contributed by atoms with Crippen molar-refractivity contribution in [1.82, 2.24) is 10.2 Å². The number of amides is 2. The summed E-state index contributed by atoms with van der Waals surface area (Å²) in [5.74, 6) is 2.15. The van der Waals surface area contributed by atoms with Crippen molar-refractivity contribution in [2.45, 2.75) is 88.6 Å². The number of aliphatic hydroxyl groups is 3. The number of rotatable bonds is 9. The second-order valence-electron chi connectivity index (χ2n) is 14.0. The van der Waals surface area contributed by atoms with Crippen molar-refractivity contribution in [2.24, 2.45) is 29.1 Å². The van der Waals surface area contributed by atoms with Crippen molar-refractivity contribution in [3.05, 3.63) is 34.9 Å². The van der Waals surface area contributed by atoms with Gasteiger partial charge in [-0.15, -0.1) is 0 Å². The van der Waals surface area contributed by atoms with Crippen LogP contribution in [-0.4, -0.2) is 77.1 Å². The highest BCUT2D eigenvalue weighted by atomic mass is 16.5. The molecule has 4 N–H and O–H groups in total. The minimum absolute atomic E-state index is 0.0437. The average molecular weight is 581 g/mol. The number of aliphatic hydroxyl groups excluding tert-OH is 3. The zero-order valence-corrected chi connectivity index (χ0v) is 24.5. The van der Waals surface area contributed by atoms with Crippen molar-refractivity contribution in [1.29, 1.82) is 0 Å². The number of methoxy groups -OCH3 is 1. The van der Waals surface area contributed by atoms with Crippen molar-refractivity contribution in [2.75, 3.05) is 26.8 Å². The fourth-order valence-electron chi connectivity index (χ4n) is 9.68. The molecule has 4 unspecified atom stereocenters. The van der Waals surface area contributed by atoms with Crippen LogP contribution in [0.15, 0.2) is 23.8 Å². The molecule has 0 spiro atoms. The molecule has 0 radical (unpaired) electrons. The van der Waals surface area contributed by atoms with E-state index < -0.39 is 24.2 Å². The molecular formula is C33H44N2O7. The number of carbonyl (C=O) groups excluding carboxylic acids is 2. The molecule has 9 nitrogen and oxygen atoms in total. The highest BCUT2D eigenvalue weighted by Gasteiger charge is 2.56. The van der Waals surface area contributed by atoms with Gasteiger partial charge in [0.05, 0.1) is 32.3 Å². The normalized spacial score (nSPS) is 35.9. The number of hydrogen-bond donors (Lipinski definition) is 4. The third-order valence-electron chi connectivity index (χ3n) is 11.3. The molecule has 8 rings (SSSR count). The number of carbonyl (C=O) groups is 2. The summed E-state index contributed by atoms with van der Waals surface area (Å²) < 4.78 is 12.0. The van der Waals surface area contributed by atoms with Crippen LogP contribution in [0.4, 0.5) is 0 Å². The van der Waals surface area contributed by atoms with Gasteiger partial charge in [-0.2, -0.15) is 0 Å². The summed E-state index contributed by atoms with van der Waals surface area (Å²) in [6.07, 6.45) is 10.0. The largest absolute Gasteiger partial charge is 0.493 e. The molecule has 0 saturated heterocycles. The average Bonchev–Trinajstić information content (AvgIpc) is 3.33. The number of nitrogens with one attached hydrogen (secondary N) is 1. The first-order valence-electron chi connectivity index (χ1n) is 15.9. The highest BCUT2D eigenvalue weighted by molar-refractivity contribution is 5.96. The molecule has 1 aliphatic heterocycles. The molecule has 0 aromatic heterocycles. The van der Waals surface area contributed by atoms with E-state index in [2.05, 4.69) is 5.32 Å². The summed E-state index contributed by atoms with van der Waals surface area (Å²) in [6.45, 7) is 0.286. The third kappa shape index (κ3) is 4.63. The maximum atomic E-state index is 14.2. The Bertz CT molecular complexity index is 1240. The molecule has 1 aromatic rings. The number of hydrogen-bond acceptors (Lipinski definition) is 7. The molecule has 1 heterocycles. The topological polar surface area (TPSA) is 129 Å². The molecule has 9 heteroatoms. The van der Waals surface area contributed by atoms with E-state index in [4.69, 9.17) is 9.47 Å². The van der Waals surface area contributed by atoms with Crippen LogP contribution in [0.5, 0.6) is 11.5 Å². The Hall–Kier alpha value is -2.62. The van der Waals surface area contributed by atoms with E-state index in [0.717, 1.165) is 56.3 Å². The number of benzene rings is 1. The van der Waals surface area contributed by atoms with Crippen molar-refractivity contribution in [3.63, 3.8) is 0 Å². The van der Waals surface area contributed by atoms with Gasteiger partial charge in [-0.1, -0.05) is 6.42 Å². The first-order valence-corrected chi connectivity index (χ1v) is 15.9. The lowest BCUT2D eigenvalue weighted by Crippen LogP contribution is -2.61. The van der Waals surface area contributed by atoms with Gasteiger partial charge in [-0.05, 0) is 98.3 Å². The Kier molecular flexibility index (Phi) is 7.26. The van der Waals surface area contributed by atoms with Crippen LogP contribution >= 0.6 is 0 Å². The summed E-state index contributed by atoms with van der Waals surface area (Å²) in [5.41, 5.74) is 1.77. The van der Waals surface area contributed by atoms with Crippen molar-refractivity contribution >= 4 is 11.8 Å². The predicted molar refractivity (Wildman–Crippen MR) is 154 cm³/mol. The van der Waals surface area contributed by atoms with Crippen LogP contribution in [0, 0.1) is 29.1 Å². The molecule has 1 aromatic carbocycles. The highest BCUT2D eigenvalue weighted by Crippen LogP contribution is 2.61. The molecule has 42 heavy (non-hydrogen) atoms. The molecule has 2 amide bonds. The van der Waals surface area contributed by atoms with Crippen LogP contribution < -0.4 is 14.8 Å². The van der Waals surface area contributed by atoms with Crippen molar-refractivity contribution < 1.29 is 34.4 Å².